The molecule has 0 aliphatic rings. The smallest absolute Gasteiger partial charge is 0.356 e. The molecule has 1 N–H and O–H groups in total. The molecule has 2 aromatic heterocycles. The Labute approximate surface area is 109 Å². The maximum absolute atomic E-state index is 10.8. The lowest BCUT2D eigenvalue weighted by Gasteiger charge is -1.96. The van der Waals surface area contributed by atoms with E-state index in [1.807, 2.05) is 0 Å². The Morgan fingerprint density at radius 2 is 2.06 bits per heavy atom. The predicted octanol–water partition coefficient (Wildman–Crippen LogP) is 3.55. The number of imidazole rings is 1. The molecule has 4 nitrogen and oxygen atoms in total. The van der Waals surface area contributed by atoms with Crippen molar-refractivity contribution in [2.45, 2.75) is 0 Å². The molecule has 1 aromatic carbocycles. The number of carboxylic acid groups (broad SMARTS) is 1. The van der Waals surface area contributed by atoms with Crippen molar-refractivity contribution in [2.24, 2.45) is 0 Å². The molecule has 0 bridgehead atoms. The van der Waals surface area contributed by atoms with Crippen LogP contribution in [0.1, 0.15) is 10.5 Å². The molecule has 86 valence electrons. The number of fused-ring (bicyclic) bond motifs is 3. The lowest BCUT2D eigenvalue weighted by Crippen LogP contribution is -1.95. The molecule has 3 aromatic rings. The van der Waals surface area contributed by atoms with Crippen LogP contribution in [0.15, 0.2) is 18.3 Å². The van der Waals surface area contributed by atoms with E-state index in [4.69, 9.17) is 28.3 Å². The van der Waals surface area contributed by atoms with Crippen molar-refractivity contribution in [3.63, 3.8) is 0 Å². The number of thiazole rings is 1. The average Bonchev–Trinajstić information content (AvgIpc) is 2.80. The normalized spacial score (nSPS) is 11.4. The zero-order valence-corrected chi connectivity index (χ0v) is 10.5. The van der Waals surface area contributed by atoms with Gasteiger partial charge in [-0.2, -0.15) is 0 Å². The summed E-state index contributed by atoms with van der Waals surface area (Å²) in [7, 11) is 0. The largest absolute Gasteiger partial charge is 0.476 e. The molecule has 0 aliphatic heterocycles. The monoisotopic (exact) mass is 286 g/mol. The van der Waals surface area contributed by atoms with Crippen molar-refractivity contribution in [2.75, 3.05) is 0 Å². The van der Waals surface area contributed by atoms with Gasteiger partial charge in [0.25, 0.3) is 0 Å². The van der Waals surface area contributed by atoms with Gasteiger partial charge in [0.1, 0.15) is 0 Å². The van der Waals surface area contributed by atoms with Crippen LogP contribution in [0.3, 0.4) is 0 Å². The minimum absolute atomic E-state index is 0.00538. The van der Waals surface area contributed by atoms with Gasteiger partial charge in [0.15, 0.2) is 10.7 Å². The van der Waals surface area contributed by atoms with E-state index in [0.717, 1.165) is 4.70 Å². The SMILES string of the molecule is O=C(O)c1cn2c(n1)sc1c(Cl)ccc(Cl)c12. The highest BCUT2D eigenvalue weighted by Gasteiger charge is 2.16. The summed E-state index contributed by atoms with van der Waals surface area (Å²) >= 11 is 13.5. The fourth-order valence-corrected chi connectivity index (χ4v) is 3.25. The molecule has 0 spiro atoms. The first kappa shape index (κ1) is 10.8. The molecule has 17 heavy (non-hydrogen) atoms. The Morgan fingerprint density at radius 3 is 2.76 bits per heavy atom. The second kappa shape index (κ2) is 3.60. The lowest BCUT2D eigenvalue weighted by molar-refractivity contribution is 0.0691. The molecule has 0 atom stereocenters. The van der Waals surface area contributed by atoms with Crippen LogP contribution in [0.25, 0.3) is 15.2 Å². The van der Waals surface area contributed by atoms with Gasteiger partial charge in [0, 0.05) is 6.20 Å². The first-order chi connectivity index (χ1) is 8.08. The number of rotatable bonds is 1. The van der Waals surface area contributed by atoms with E-state index in [9.17, 15) is 4.79 Å². The molecule has 0 radical (unpaired) electrons. The summed E-state index contributed by atoms with van der Waals surface area (Å²) in [6.45, 7) is 0. The van der Waals surface area contributed by atoms with E-state index in [2.05, 4.69) is 4.98 Å². The predicted molar refractivity (Wildman–Crippen MR) is 67.6 cm³/mol. The van der Waals surface area contributed by atoms with Crippen molar-refractivity contribution in [3.05, 3.63) is 34.1 Å². The summed E-state index contributed by atoms with van der Waals surface area (Å²) in [5.41, 5.74) is 0.688. The Morgan fingerprint density at radius 1 is 1.35 bits per heavy atom. The quantitative estimate of drug-likeness (QED) is 0.744. The van der Waals surface area contributed by atoms with E-state index >= 15 is 0 Å². The van der Waals surface area contributed by atoms with Crippen LogP contribution in [-0.4, -0.2) is 20.5 Å². The van der Waals surface area contributed by atoms with E-state index in [1.165, 1.54) is 17.5 Å². The second-order valence-electron chi connectivity index (χ2n) is 3.39. The number of carbonyl (C=O) groups is 1. The van der Waals surface area contributed by atoms with Gasteiger partial charge in [-0.05, 0) is 12.1 Å². The minimum Gasteiger partial charge on any atom is -0.476 e. The number of hydrogen-bond acceptors (Lipinski definition) is 3. The van der Waals surface area contributed by atoms with Crippen LogP contribution in [0.5, 0.6) is 0 Å². The van der Waals surface area contributed by atoms with E-state index in [0.29, 0.717) is 20.5 Å². The van der Waals surface area contributed by atoms with Crippen LogP contribution in [-0.2, 0) is 0 Å². The van der Waals surface area contributed by atoms with Crippen molar-refractivity contribution in [3.8, 4) is 0 Å². The number of aromatic nitrogens is 2. The fourth-order valence-electron chi connectivity index (χ4n) is 1.63. The fraction of sp³-hybridized carbons (Fsp3) is 0. The zero-order valence-electron chi connectivity index (χ0n) is 8.15. The molecule has 0 saturated heterocycles. The highest BCUT2D eigenvalue weighted by atomic mass is 35.5. The van der Waals surface area contributed by atoms with Crippen molar-refractivity contribution in [1.82, 2.24) is 9.38 Å². The van der Waals surface area contributed by atoms with E-state index in [1.54, 1.807) is 16.5 Å². The van der Waals surface area contributed by atoms with Gasteiger partial charge in [-0.3, -0.25) is 4.40 Å². The molecule has 0 saturated carbocycles. The molecular weight excluding hydrogens is 283 g/mol. The Bertz CT molecular complexity index is 762. The maximum atomic E-state index is 10.8. The summed E-state index contributed by atoms with van der Waals surface area (Å²) in [6.07, 6.45) is 1.44. The summed E-state index contributed by atoms with van der Waals surface area (Å²) < 4.78 is 2.45. The van der Waals surface area contributed by atoms with Crippen LogP contribution >= 0.6 is 34.5 Å². The zero-order chi connectivity index (χ0) is 12.2. The molecule has 7 heteroatoms. The summed E-state index contributed by atoms with van der Waals surface area (Å²) in [5.74, 6) is -1.06. The number of halogens is 2. The van der Waals surface area contributed by atoms with Crippen LogP contribution in [0.2, 0.25) is 10.0 Å². The van der Waals surface area contributed by atoms with Crippen LogP contribution in [0, 0.1) is 0 Å². The van der Waals surface area contributed by atoms with Crippen molar-refractivity contribution >= 4 is 55.7 Å². The highest BCUT2D eigenvalue weighted by Crippen LogP contribution is 2.36. The third kappa shape index (κ3) is 1.50. The molecule has 3 rings (SSSR count). The van der Waals surface area contributed by atoms with Gasteiger partial charge in [-0.1, -0.05) is 34.5 Å². The topological polar surface area (TPSA) is 54.6 Å². The number of nitrogens with zero attached hydrogens (tertiary/aromatic N) is 2. The molecule has 0 unspecified atom stereocenters. The summed E-state index contributed by atoms with van der Waals surface area (Å²) in [6, 6.07) is 3.39. The van der Waals surface area contributed by atoms with Gasteiger partial charge in [0.2, 0.25) is 0 Å². The minimum atomic E-state index is -1.06. The van der Waals surface area contributed by atoms with Gasteiger partial charge in [-0.15, -0.1) is 0 Å². The van der Waals surface area contributed by atoms with Gasteiger partial charge in [0.05, 0.1) is 20.3 Å². The van der Waals surface area contributed by atoms with Crippen LogP contribution < -0.4 is 0 Å². The molecule has 0 fully saturated rings. The summed E-state index contributed by atoms with van der Waals surface area (Å²) in [5, 5.41) is 9.97. The Hall–Kier alpha value is -1.30. The summed E-state index contributed by atoms with van der Waals surface area (Å²) in [4.78, 5) is 15.4. The molecular formula is C10H4Cl2N2O2S. The first-order valence-electron chi connectivity index (χ1n) is 4.57. The Kier molecular flexibility index (Phi) is 2.29. The third-order valence-corrected chi connectivity index (χ3v) is 4.18. The van der Waals surface area contributed by atoms with E-state index < -0.39 is 5.97 Å². The Balaban J connectivity index is 2.48. The molecule has 0 amide bonds. The van der Waals surface area contributed by atoms with E-state index in [-0.39, 0.29) is 5.69 Å². The third-order valence-electron chi connectivity index (χ3n) is 2.36. The van der Waals surface area contributed by atoms with Crippen molar-refractivity contribution < 1.29 is 9.90 Å². The number of hydrogen-bond donors (Lipinski definition) is 1. The van der Waals surface area contributed by atoms with Crippen LogP contribution in [0.4, 0.5) is 0 Å². The first-order valence-corrected chi connectivity index (χ1v) is 6.14. The standard InChI is InChI=1S/C10H4Cl2N2O2S/c11-4-1-2-5(12)8-7(4)14-3-6(9(15)16)13-10(14)17-8/h1-3H,(H,15,16). The number of benzene rings is 1. The van der Waals surface area contributed by atoms with Gasteiger partial charge in [-0.25, -0.2) is 9.78 Å². The highest BCUT2D eigenvalue weighted by molar-refractivity contribution is 7.24. The lowest BCUT2D eigenvalue weighted by atomic mass is 10.3. The van der Waals surface area contributed by atoms with Crippen molar-refractivity contribution in [1.29, 1.82) is 0 Å². The molecule has 0 aliphatic carbocycles. The van der Waals surface area contributed by atoms with Gasteiger partial charge < -0.3 is 5.11 Å². The average molecular weight is 287 g/mol. The number of carboxylic acids is 1. The van der Waals surface area contributed by atoms with Gasteiger partial charge >= 0.3 is 5.97 Å². The number of aromatic carboxylic acids is 1. The second-order valence-corrected chi connectivity index (χ2v) is 5.18. The molecule has 2 heterocycles. The maximum Gasteiger partial charge on any atom is 0.356 e.